The first-order valence-corrected chi connectivity index (χ1v) is 6.23. The quantitative estimate of drug-likeness (QED) is 0.798. The van der Waals surface area contributed by atoms with Crippen LogP contribution in [0.1, 0.15) is 19.4 Å². The minimum atomic E-state index is -0.587. The first kappa shape index (κ1) is 14.2. The van der Waals surface area contributed by atoms with Gasteiger partial charge in [-0.1, -0.05) is 44.2 Å². The molecule has 0 saturated heterocycles. The van der Waals surface area contributed by atoms with Crippen LogP contribution in [-0.4, -0.2) is 24.4 Å². The maximum Gasteiger partial charge on any atom is 0.240 e. The molecule has 0 radical (unpaired) electrons. The summed E-state index contributed by atoms with van der Waals surface area (Å²) in [6, 6.07) is 11.8. The van der Waals surface area contributed by atoms with Gasteiger partial charge in [0, 0.05) is 13.6 Å². The standard InChI is InChI=1S/C15H20N2O/c1-12(2)11-17(3)15(18)14(10-16)9-13-7-5-4-6-8-13/h4-8,12,14H,9,11H2,1-3H3. The Hall–Kier alpha value is -1.82. The van der Waals surface area contributed by atoms with Crippen LogP contribution in [0.3, 0.4) is 0 Å². The van der Waals surface area contributed by atoms with Crippen LogP contribution in [0.15, 0.2) is 30.3 Å². The summed E-state index contributed by atoms with van der Waals surface area (Å²) in [4.78, 5) is 13.8. The topological polar surface area (TPSA) is 44.1 Å². The van der Waals surface area contributed by atoms with E-state index >= 15 is 0 Å². The van der Waals surface area contributed by atoms with Gasteiger partial charge in [0.2, 0.25) is 5.91 Å². The highest BCUT2D eigenvalue weighted by atomic mass is 16.2. The lowest BCUT2D eigenvalue weighted by Crippen LogP contribution is -2.35. The Kier molecular flexibility index (Phi) is 5.38. The molecule has 0 fully saturated rings. The number of nitrogens with zero attached hydrogens (tertiary/aromatic N) is 2. The molecule has 0 aliphatic carbocycles. The van der Waals surface area contributed by atoms with E-state index in [-0.39, 0.29) is 5.91 Å². The van der Waals surface area contributed by atoms with Crippen LogP contribution < -0.4 is 0 Å². The Morgan fingerprint density at radius 1 is 1.33 bits per heavy atom. The molecular weight excluding hydrogens is 224 g/mol. The van der Waals surface area contributed by atoms with E-state index < -0.39 is 5.92 Å². The summed E-state index contributed by atoms with van der Waals surface area (Å²) in [6.45, 7) is 4.80. The Morgan fingerprint density at radius 3 is 2.44 bits per heavy atom. The van der Waals surface area contributed by atoms with Crippen LogP contribution in [0.25, 0.3) is 0 Å². The van der Waals surface area contributed by atoms with Crippen molar-refractivity contribution in [3.8, 4) is 6.07 Å². The van der Waals surface area contributed by atoms with Crippen LogP contribution in [0.4, 0.5) is 0 Å². The van der Waals surface area contributed by atoms with Crippen molar-refractivity contribution in [1.82, 2.24) is 4.90 Å². The molecule has 0 aliphatic heterocycles. The second-order valence-electron chi connectivity index (χ2n) is 4.98. The van der Waals surface area contributed by atoms with Gasteiger partial charge >= 0.3 is 0 Å². The molecule has 1 atom stereocenters. The molecule has 0 aliphatic rings. The summed E-state index contributed by atoms with van der Waals surface area (Å²) >= 11 is 0. The van der Waals surface area contributed by atoms with Crippen molar-refractivity contribution in [2.24, 2.45) is 11.8 Å². The second-order valence-corrected chi connectivity index (χ2v) is 4.98. The van der Waals surface area contributed by atoms with Crippen molar-refractivity contribution >= 4 is 5.91 Å². The zero-order chi connectivity index (χ0) is 13.5. The zero-order valence-corrected chi connectivity index (χ0v) is 11.3. The predicted molar refractivity (Wildman–Crippen MR) is 71.7 cm³/mol. The number of hydrogen-bond donors (Lipinski definition) is 0. The monoisotopic (exact) mass is 244 g/mol. The van der Waals surface area contributed by atoms with Gasteiger partial charge in [-0.15, -0.1) is 0 Å². The minimum Gasteiger partial charge on any atom is -0.344 e. The summed E-state index contributed by atoms with van der Waals surface area (Å²) in [7, 11) is 1.76. The molecule has 1 aromatic carbocycles. The van der Waals surface area contributed by atoms with Crippen LogP contribution in [0.2, 0.25) is 0 Å². The minimum absolute atomic E-state index is 0.0879. The Labute approximate surface area is 109 Å². The molecule has 96 valence electrons. The number of amides is 1. The SMILES string of the molecule is CC(C)CN(C)C(=O)C(C#N)Cc1ccccc1. The van der Waals surface area contributed by atoms with Gasteiger partial charge in [0.25, 0.3) is 0 Å². The maximum atomic E-state index is 12.1. The maximum absolute atomic E-state index is 12.1. The molecule has 0 bridgehead atoms. The van der Waals surface area contributed by atoms with E-state index in [1.165, 1.54) is 0 Å². The molecule has 3 nitrogen and oxygen atoms in total. The molecule has 18 heavy (non-hydrogen) atoms. The fourth-order valence-corrected chi connectivity index (χ4v) is 1.94. The highest BCUT2D eigenvalue weighted by molar-refractivity contribution is 5.81. The third-order valence-corrected chi connectivity index (χ3v) is 2.75. The van der Waals surface area contributed by atoms with E-state index in [0.717, 1.165) is 5.56 Å². The van der Waals surface area contributed by atoms with E-state index in [1.54, 1.807) is 11.9 Å². The summed E-state index contributed by atoms with van der Waals surface area (Å²) in [6.07, 6.45) is 0.485. The second kappa shape index (κ2) is 6.80. The van der Waals surface area contributed by atoms with Crippen molar-refractivity contribution in [2.75, 3.05) is 13.6 Å². The Bertz CT molecular complexity index is 420. The van der Waals surface area contributed by atoms with Crippen molar-refractivity contribution in [1.29, 1.82) is 5.26 Å². The molecule has 0 saturated carbocycles. The van der Waals surface area contributed by atoms with Gasteiger partial charge in [-0.05, 0) is 17.9 Å². The molecule has 1 unspecified atom stereocenters. The summed E-state index contributed by atoms with van der Waals surface area (Å²) < 4.78 is 0. The van der Waals surface area contributed by atoms with Gasteiger partial charge in [-0.25, -0.2) is 0 Å². The van der Waals surface area contributed by atoms with E-state index in [0.29, 0.717) is 18.9 Å². The van der Waals surface area contributed by atoms with E-state index in [4.69, 9.17) is 5.26 Å². The smallest absolute Gasteiger partial charge is 0.240 e. The lowest BCUT2D eigenvalue weighted by atomic mass is 9.99. The highest BCUT2D eigenvalue weighted by Crippen LogP contribution is 2.11. The van der Waals surface area contributed by atoms with Gasteiger partial charge in [-0.3, -0.25) is 4.79 Å². The molecule has 3 heteroatoms. The molecule has 0 aromatic heterocycles. The van der Waals surface area contributed by atoms with Gasteiger partial charge in [-0.2, -0.15) is 5.26 Å². The number of carbonyl (C=O) groups excluding carboxylic acids is 1. The van der Waals surface area contributed by atoms with E-state index in [9.17, 15) is 4.79 Å². The third kappa shape index (κ3) is 4.21. The molecule has 1 amide bonds. The molecule has 0 heterocycles. The zero-order valence-electron chi connectivity index (χ0n) is 11.3. The number of benzene rings is 1. The average molecular weight is 244 g/mol. The van der Waals surface area contributed by atoms with Crippen LogP contribution >= 0.6 is 0 Å². The predicted octanol–water partition coefficient (Wildman–Crippen LogP) is 2.48. The Morgan fingerprint density at radius 2 is 1.94 bits per heavy atom. The summed E-state index contributed by atoms with van der Waals surface area (Å²) in [5.41, 5.74) is 1.02. The number of carbonyl (C=O) groups is 1. The van der Waals surface area contributed by atoms with Crippen LogP contribution in [0, 0.1) is 23.2 Å². The largest absolute Gasteiger partial charge is 0.344 e. The fourth-order valence-electron chi connectivity index (χ4n) is 1.94. The van der Waals surface area contributed by atoms with Crippen LogP contribution in [0.5, 0.6) is 0 Å². The average Bonchev–Trinajstić information content (AvgIpc) is 2.35. The van der Waals surface area contributed by atoms with Crippen molar-refractivity contribution in [2.45, 2.75) is 20.3 Å². The number of hydrogen-bond acceptors (Lipinski definition) is 2. The summed E-state index contributed by atoms with van der Waals surface area (Å²) in [5, 5.41) is 9.14. The van der Waals surface area contributed by atoms with Gasteiger partial charge in [0.1, 0.15) is 5.92 Å². The highest BCUT2D eigenvalue weighted by Gasteiger charge is 2.22. The van der Waals surface area contributed by atoms with Crippen molar-refractivity contribution in [3.63, 3.8) is 0 Å². The number of rotatable bonds is 5. The normalized spacial score (nSPS) is 11.9. The molecule has 1 aromatic rings. The van der Waals surface area contributed by atoms with Crippen LogP contribution in [-0.2, 0) is 11.2 Å². The van der Waals surface area contributed by atoms with E-state index in [1.807, 2.05) is 30.3 Å². The third-order valence-electron chi connectivity index (χ3n) is 2.75. The first-order chi connectivity index (χ1) is 8.54. The van der Waals surface area contributed by atoms with E-state index in [2.05, 4.69) is 19.9 Å². The number of nitriles is 1. The van der Waals surface area contributed by atoms with Gasteiger partial charge in [0.05, 0.1) is 6.07 Å². The first-order valence-electron chi connectivity index (χ1n) is 6.23. The van der Waals surface area contributed by atoms with Gasteiger partial charge in [0.15, 0.2) is 0 Å². The molecule has 0 N–H and O–H groups in total. The molecule has 1 rings (SSSR count). The van der Waals surface area contributed by atoms with Crippen molar-refractivity contribution in [3.05, 3.63) is 35.9 Å². The lowest BCUT2D eigenvalue weighted by molar-refractivity contribution is -0.132. The van der Waals surface area contributed by atoms with Crippen molar-refractivity contribution < 1.29 is 4.79 Å². The Balaban J connectivity index is 2.67. The molecular formula is C15H20N2O. The summed E-state index contributed by atoms with van der Waals surface area (Å²) in [5.74, 6) is -0.263. The van der Waals surface area contributed by atoms with Gasteiger partial charge < -0.3 is 4.90 Å². The fraction of sp³-hybridized carbons (Fsp3) is 0.467. The lowest BCUT2D eigenvalue weighted by Gasteiger charge is -2.21. The molecule has 0 spiro atoms.